The first kappa shape index (κ1) is 17.5. The van der Waals surface area contributed by atoms with Crippen molar-refractivity contribution in [3.8, 4) is 11.5 Å². The molecular formula is C19H21N5O2. The minimum atomic E-state index is 0.438. The zero-order valence-corrected chi connectivity index (χ0v) is 15.0. The molecule has 7 heteroatoms. The molecule has 26 heavy (non-hydrogen) atoms. The maximum atomic E-state index is 5.32. The van der Waals surface area contributed by atoms with Crippen molar-refractivity contribution in [1.29, 1.82) is 0 Å². The van der Waals surface area contributed by atoms with Gasteiger partial charge in [-0.3, -0.25) is 0 Å². The predicted octanol–water partition coefficient (Wildman–Crippen LogP) is 3.55. The molecule has 0 aliphatic heterocycles. The van der Waals surface area contributed by atoms with E-state index in [0.717, 1.165) is 16.8 Å². The molecular weight excluding hydrogens is 330 g/mol. The topological polar surface area (TPSA) is 81.2 Å². The lowest BCUT2D eigenvalue weighted by Crippen LogP contribution is -2.06. The molecule has 2 N–H and O–H groups in total. The smallest absolute Gasteiger partial charge is 0.249 e. The third-order valence-electron chi connectivity index (χ3n) is 3.75. The average Bonchev–Trinajstić information content (AvgIpc) is 2.66. The first-order valence-electron chi connectivity index (χ1n) is 8.16. The molecule has 0 radical (unpaired) electrons. The van der Waals surface area contributed by atoms with Gasteiger partial charge >= 0.3 is 0 Å². The molecule has 0 amide bonds. The summed E-state index contributed by atoms with van der Waals surface area (Å²) in [7, 11) is 3.23. The lowest BCUT2D eigenvalue weighted by atomic mass is 10.2. The van der Waals surface area contributed by atoms with Crippen LogP contribution in [0.3, 0.4) is 0 Å². The molecule has 1 heterocycles. The van der Waals surface area contributed by atoms with Crippen LogP contribution in [-0.2, 0) is 6.54 Å². The highest BCUT2D eigenvalue weighted by Gasteiger charge is 2.06. The second kappa shape index (κ2) is 8.15. The van der Waals surface area contributed by atoms with Gasteiger partial charge in [0.2, 0.25) is 5.95 Å². The minimum Gasteiger partial charge on any atom is -0.493 e. The average molecular weight is 351 g/mol. The minimum absolute atomic E-state index is 0.438. The van der Waals surface area contributed by atoms with Crippen molar-refractivity contribution in [2.24, 2.45) is 0 Å². The molecule has 0 aliphatic rings. The van der Waals surface area contributed by atoms with Crippen molar-refractivity contribution >= 4 is 17.5 Å². The molecule has 7 nitrogen and oxygen atoms in total. The van der Waals surface area contributed by atoms with Crippen LogP contribution < -0.4 is 20.1 Å². The van der Waals surface area contributed by atoms with E-state index in [1.165, 1.54) is 0 Å². The summed E-state index contributed by atoms with van der Waals surface area (Å²) in [5, 5.41) is 14.4. The molecule has 0 atom stereocenters. The first-order valence-corrected chi connectivity index (χ1v) is 8.16. The van der Waals surface area contributed by atoms with Crippen molar-refractivity contribution in [1.82, 2.24) is 15.2 Å². The van der Waals surface area contributed by atoms with Gasteiger partial charge in [0.1, 0.15) is 0 Å². The van der Waals surface area contributed by atoms with Crippen LogP contribution in [0.4, 0.5) is 17.5 Å². The molecule has 0 unspecified atom stereocenters. The van der Waals surface area contributed by atoms with Crippen LogP contribution in [0.25, 0.3) is 0 Å². The highest BCUT2D eigenvalue weighted by molar-refractivity contribution is 5.55. The van der Waals surface area contributed by atoms with Crippen LogP contribution in [0, 0.1) is 6.92 Å². The Labute approximate surface area is 152 Å². The van der Waals surface area contributed by atoms with Gasteiger partial charge in [0, 0.05) is 12.2 Å². The number of aryl methyl sites for hydroxylation is 1. The summed E-state index contributed by atoms with van der Waals surface area (Å²) in [5.74, 6) is 2.46. The van der Waals surface area contributed by atoms with E-state index in [1.54, 1.807) is 20.4 Å². The Bertz CT molecular complexity index is 885. The molecule has 1 aromatic heterocycles. The lowest BCUT2D eigenvalue weighted by Gasteiger charge is -2.11. The van der Waals surface area contributed by atoms with E-state index < -0.39 is 0 Å². The molecule has 3 rings (SSSR count). The fourth-order valence-electron chi connectivity index (χ4n) is 2.48. The zero-order valence-electron chi connectivity index (χ0n) is 15.0. The van der Waals surface area contributed by atoms with E-state index >= 15 is 0 Å². The van der Waals surface area contributed by atoms with Gasteiger partial charge in [-0.15, -0.1) is 5.10 Å². The van der Waals surface area contributed by atoms with Gasteiger partial charge in [0.15, 0.2) is 17.3 Å². The molecule has 0 fully saturated rings. The van der Waals surface area contributed by atoms with Crippen molar-refractivity contribution in [3.63, 3.8) is 0 Å². The molecule has 0 spiro atoms. The summed E-state index contributed by atoms with van der Waals surface area (Å²) in [6.07, 6.45) is 1.59. The summed E-state index contributed by atoms with van der Waals surface area (Å²) in [6, 6.07) is 13.8. The van der Waals surface area contributed by atoms with Crippen LogP contribution in [0.2, 0.25) is 0 Å². The van der Waals surface area contributed by atoms with E-state index in [4.69, 9.17) is 9.47 Å². The van der Waals surface area contributed by atoms with Gasteiger partial charge in [-0.25, -0.2) is 0 Å². The fraction of sp³-hybridized carbons (Fsp3) is 0.211. The van der Waals surface area contributed by atoms with Crippen molar-refractivity contribution in [2.45, 2.75) is 13.5 Å². The maximum Gasteiger partial charge on any atom is 0.249 e. The number of nitrogens with zero attached hydrogens (tertiary/aromatic N) is 3. The van der Waals surface area contributed by atoms with Gasteiger partial charge in [-0.1, -0.05) is 18.2 Å². The molecule has 2 aromatic carbocycles. The zero-order chi connectivity index (χ0) is 18.4. The Morgan fingerprint density at radius 2 is 1.85 bits per heavy atom. The summed E-state index contributed by atoms with van der Waals surface area (Å²) < 4.78 is 10.6. The van der Waals surface area contributed by atoms with Crippen LogP contribution in [0.15, 0.2) is 48.7 Å². The van der Waals surface area contributed by atoms with Crippen LogP contribution >= 0.6 is 0 Å². The van der Waals surface area contributed by atoms with E-state index in [2.05, 4.69) is 25.8 Å². The summed E-state index contributed by atoms with van der Waals surface area (Å²) in [6.45, 7) is 2.61. The number of aromatic nitrogens is 3. The van der Waals surface area contributed by atoms with E-state index in [0.29, 0.717) is 29.8 Å². The van der Waals surface area contributed by atoms with Crippen molar-refractivity contribution in [3.05, 3.63) is 59.8 Å². The second-order valence-electron chi connectivity index (χ2n) is 5.70. The van der Waals surface area contributed by atoms with Crippen molar-refractivity contribution < 1.29 is 9.47 Å². The summed E-state index contributed by atoms with van der Waals surface area (Å²) >= 11 is 0. The van der Waals surface area contributed by atoms with E-state index in [9.17, 15) is 0 Å². The number of methoxy groups -OCH3 is 2. The Morgan fingerprint density at radius 3 is 2.62 bits per heavy atom. The number of hydrogen-bond acceptors (Lipinski definition) is 7. The SMILES string of the molecule is COc1ccc(CNc2cnnc(Nc3cccc(C)c3)n2)cc1OC. The van der Waals surface area contributed by atoms with Crippen LogP contribution in [-0.4, -0.2) is 29.4 Å². The predicted molar refractivity (Wildman–Crippen MR) is 101 cm³/mol. The number of benzene rings is 2. The third kappa shape index (κ3) is 4.38. The van der Waals surface area contributed by atoms with E-state index in [1.807, 2.05) is 49.4 Å². The van der Waals surface area contributed by atoms with Crippen LogP contribution in [0.1, 0.15) is 11.1 Å². The Morgan fingerprint density at radius 1 is 1.00 bits per heavy atom. The Balaban J connectivity index is 1.67. The summed E-state index contributed by atoms with van der Waals surface area (Å²) in [4.78, 5) is 4.44. The Kier molecular flexibility index (Phi) is 5.48. The second-order valence-corrected chi connectivity index (χ2v) is 5.70. The third-order valence-corrected chi connectivity index (χ3v) is 3.75. The molecule has 0 saturated heterocycles. The molecule has 0 bridgehead atoms. The first-order chi connectivity index (χ1) is 12.7. The summed E-state index contributed by atoms with van der Waals surface area (Å²) in [5.41, 5.74) is 3.11. The largest absolute Gasteiger partial charge is 0.493 e. The number of ether oxygens (including phenoxy) is 2. The standard InChI is InChI=1S/C19H21N5O2/c1-13-5-4-6-15(9-13)22-19-23-18(12-21-24-19)20-11-14-7-8-16(25-2)17(10-14)26-3/h4-10,12H,11H2,1-3H3,(H2,20,22,23,24). The molecule has 3 aromatic rings. The number of anilines is 3. The fourth-order valence-corrected chi connectivity index (χ4v) is 2.48. The lowest BCUT2D eigenvalue weighted by molar-refractivity contribution is 0.354. The van der Waals surface area contributed by atoms with Gasteiger partial charge in [0.25, 0.3) is 0 Å². The number of hydrogen-bond donors (Lipinski definition) is 2. The molecule has 0 saturated carbocycles. The van der Waals surface area contributed by atoms with Gasteiger partial charge in [-0.2, -0.15) is 10.1 Å². The number of nitrogens with one attached hydrogen (secondary N) is 2. The highest BCUT2D eigenvalue weighted by atomic mass is 16.5. The monoisotopic (exact) mass is 351 g/mol. The molecule has 134 valence electrons. The van der Waals surface area contributed by atoms with Gasteiger partial charge in [0.05, 0.1) is 20.4 Å². The Hall–Kier alpha value is -3.35. The van der Waals surface area contributed by atoms with Crippen LogP contribution in [0.5, 0.6) is 11.5 Å². The maximum absolute atomic E-state index is 5.32. The van der Waals surface area contributed by atoms with Gasteiger partial charge < -0.3 is 20.1 Å². The van der Waals surface area contributed by atoms with Crippen molar-refractivity contribution in [2.75, 3.05) is 24.9 Å². The highest BCUT2D eigenvalue weighted by Crippen LogP contribution is 2.27. The normalized spacial score (nSPS) is 10.3. The molecule has 0 aliphatic carbocycles. The van der Waals surface area contributed by atoms with Gasteiger partial charge in [-0.05, 0) is 42.3 Å². The van der Waals surface area contributed by atoms with E-state index in [-0.39, 0.29) is 0 Å². The number of rotatable bonds is 7. The quantitative estimate of drug-likeness (QED) is 0.673.